The van der Waals surface area contributed by atoms with E-state index in [1.165, 1.54) is 25.7 Å². The number of rotatable bonds is 7. The van der Waals surface area contributed by atoms with Crippen LogP contribution in [0, 0.1) is 10.8 Å². The summed E-state index contributed by atoms with van der Waals surface area (Å²) in [6.45, 7) is 7.57. The van der Waals surface area contributed by atoms with Gasteiger partial charge in [-0.05, 0) is 31.1 Å². The zero-order valence-electron chi connectivity index (χ0n) is 12.6. The van der Waals surface area contributed by atoms with Crippen LogP contribution in [-0.4, -0.2) is 35.6 Å². The van der Waals surface area contributed by atoms with E-state index in [9.17, 15) is 9.90 Å². The number of hydrogen-bond donors (Lipinski definition) is 1. The zero-order valence-corrected chi connectivity index (χ0v) is 12.6. The molecule has 0 aromatic rings. The Morgan fingerprint density at radius 3 is 2.05 bits per heavy atom. The molecule has 0 aromatic carbocycles. The van der Waals surface area contributed by atoms with Crippen molar-refractivity contribution in [2.24, 2.45) is 10.8 Å². The van der Waals surface area contributed by atoms with Crippen molar-refractivity contribution in [1.29, 1.82) is 0 Å². The molecule has 0 radical (unpaired) electrons. The molecule has 110 valence electrons. The van der Waals surface area contributed by atoms with Crippen LogP contribution in [0.15, 0.2) is 0 Å². The van der Waals surface area contributed by atoms with Crippen molar-refractivity contribution in [3.8, 4) is 0 Å². The van der Waals surface area contributed by atoms with Crippen LogP contribution in [0.3, 0.4) is 0 Å². The second-order valence-corrected chi connectivity index (χ2v) is 6.94. The summed E-state index contributed by atoms with van der Waals surface area (Å²) in [5.74, 6) is -0.562. The Hall–Kier alpha value is -0.570. The van der Waals surface area contributed by atoms with Crippen LogP contribution < -0.4 is 0 Å². The van der Waals surface area contributed by atoms with Gasteiger partial charge in [0.1, 0.15) is 0 Å². The lowest BCUT2D eigenvalue weighted by Crippen LogP contribution is -2.59. The number of carboxylic acid groups (broad SMARTS) is 1. The lowest BCUT2D eigenvalue weighted by atomic mass is 9.71. The average Bonchev–Trinajstić information content (AvgIpc) is 2.77. The molecule has 1 saturated carbocycles. The summed E-state index contributed by atoms with van der Waals surface area (Å²) in [6, 6.07) is 0. The Morgan fingerprint density at radius 2 is 1.63 bits per heavy atom. The summed E-state index contributed by atoms with van der Waals surface area (Å²) in [5.41, 5.74) is 0.0758. The highest BCUT2D eigenvalue weighted by Gasteiger charge is 2.48. The monoisotopic (exact) mass is 267 g/mol. The molecule has 1 saturated heterocycles. The van der Waals surface area contributed by atoms with Crippen LogP contribution in [0.2, 0.25) is 0 Å². The van der Waals surface area contributed by atoms with Crippen LogP contribution in [0.25, 0.3) is 0 Å². The second kappa shape index (κ2) is 5.82. The van der Waals surface area contributed by atoms with Crippen molar-refractivity contribution in [1.82, 2.24) is 4.90 Å². The van der Waals surface area contributed by atoms with Gasteiger partial charge in [-0.15, -0.1) is 0 Å². The van der Waals surface area contributed by atoms with Crippen LogP contribution in [0.1, 0.15) is 65.2 Å². The molecule has 3 heteroatoms. The lowest BCUT2D eigenvalue weighted by Gasteiger charge is -2.52. The third-order valence-corrected chi connectivity index (χ3v) is 5.22. The van der Waals surface area contributed by atoms with Crippen LogP contribution in [-0.2, 0) is 4.79 Å². The van der Waals surface area contributed by atoms with Gasteiger partial charge in [0.05, 0.1) is 5.41 Å². The normalized spacial score (nSPS) is 25.2. The van der Waals surface area contributed by atoms with Gasteiger partial charge < -0.3 is 10.0 Å². The molecule has 1 aliphatic carbocycles. The summed E-state index contributed by atoms with van der Waals surface area (Å²) in [4.78, 5) is 14.0. The molecular formula is C16H29NO2. The van der Waals surface area contributed by atoms with Crippen molar-refractivity contribution in [2.75, 3.05) is 19.6 Å². The molecule has 19 heavy (non-hydrogen) atoms. The number of aliphatic carboxylic acids is 1. The molecule has 1 aliphatic heterocycles. The van der Waals surface area contributed by atoms with E-state index in [-0.39, 0.29) is 0 Å². The molecule has 2 rings (SSSR count). The molecule has 2 fully saturated rings. The van der Waals surface area contributed by atoms with E-state index >= 15 is 0 Å². The van der Waals surface area contributed by atoms with E-state index in [0.717, 1.165) is 45.3 Å². The molecule has 0 aromatic heterocycles. The minimum absolute atomic E-state index is 0.426. The largest absolute Gasteiger partial charge is 0.481 e. The van der Waals surface area contributed by atoms with E-state index in [4.69, 9.17) is 0 Å². The fourth-order valence-electron chi connectivity index (χ4n) is 4.44. The predicted molar refractivity (Wildman–Crippen MR) is 77.2 cm³/mol. The predicted octanol–water partition coefficient (Wildman–Crippen LogP) is 3.53. The van der Waals surface area contributed by atoms with Gasteiger partial charge in [-0.2, -0.15) is 0 Å². The van der Waals surface area contributed by atoms with Crippen molar-refractivity contribution < 1.29 is 9.90 Å². The maximum Gasteiger partial charge on any atom is 0.310 e. The van der Waals surface area contributed by atoms with Gasteiger partial charge in [0.15, 0.2) is 0 Å². The maximum atomic E-state index is 11.6. The van der Waals surface area contributed by atoms with E-state index in [2.05, 4.69) is 18.7 Å². The van der Waals surface area contributed by atoms with E-state index in [1.807, 2.05) is 0 Å². The Balaban J connectivity index is 1.90. The van der Waals surface area contributed by atoms with E-state index < -0.39 is 11.4 Å². The van der Waals surface area contributed by atoms with Crippen LogP contribution in [0.4, 0.5) is 0 Å². The van der Waals surface area contributed by atoms with Crippen molar-refractivity contribution in [2.45, 2.75) is 65.2 Å². The first kappa shape index (κ1) is 14.8. The second-order valence-electron chi connectivity index (χ2n) is 6.94. The van der Waals surface area contributed by atoms with Gasteiger partial charge in [-0.3, -0.25) is 4.79 Å². The Morgan fingerprint density at radius 1 is 1.11 bits per heavy atom. The van der Waals surface area contributed by atoms with Crippen molar-refractivity contribution >= 4 is 5.97 Å². The fourth-order valence-corrected chi connectivity index (χ4v) is 4.44. The SMILES string of the molecule is CCCC1(CCC)CN(CC2(C(=O)O)CCCC2)C1. The molecule has 0 bridgehead atoms. The van der Waals surface area contributed by atoms with Crippen molar-refractivity contribution in [3.63, 3.8) is 0 Å². The summed E-state index contributed by atoms with van der Waals surface area (Å²) in [5, 5.41) is 9.54. The van der Waals surface area contributed by atoms with E-state index in [0.29, 0.717) is 5.41 Å². The molecule has 2 aliphatic rings. The average molecular weight is 267 g/mol. The molecule has 0 spiro atoms. The Labute approximate surface area is 117 Å². The Bertz CT molecular complexity index is 307. The van der Waals surface area contributed by atoms with Gasteiger partial charge in [0.25, 0.3) is 0 Å². The third kappa shape index (κ3) is 2.96. The molecular weight excluding hydrogens is 238 g/mol. The first-order valence-corrected chi connectivity index (χ1v) is 8.02. The van der Waals surface area contributed by atoms with E-state index in [1.54, 1.807) is 0 Å². The smallest absolute Gasteiger partial charge is 0.310 e. The Kier molecular flexibility index (Phi) is 4.54. The number of nitrogens with zero attached hydrogens (tertiary/aromatic N) is 1. The summed E-state index contributed by atoms with van der Waals surface area (Å²) >= 11 is 0. The molecule has 1 heterocycles. The van der Waals surface area contributed by atoms with Crippen LogP contribution in [0.5, 0.6) is 0 Å². The number of carboxylic acids is 1. The number of hydrogen-bond acceptors (Lipinski definition) is 2. The first-order chi connectivity index (χ1) is 9.06. The fraction of sp³-hybridized carbons (Fsp3) is 0.938. The van der Waals surface area contributed by atoms with Crippen molar-refractivity contribution in [3.05, 3.63) is 0 Å². The van der Waals surface area contributed by atoms with Crippen LogP contribution >= 0.6 is 0 Å². The quantitative estimate of drug-likeness (QED) is 0.767. The van der Waals surface area contributed by atoms with Gasteiger partial charge in [-0.1, -0.05) is 39.5 Å². The van der Waals surface area contributed by atoms with Gasteiger partial charge in [-0.25, -0.2) is 0 Å². The molecule has 0 amide bonds. The highest BCUT2D eigenvalue weighted by molar-refractivity contribution is 5.75. The highest BCUT2D eigenvalue weighted by atomic mass is 16.4. The summed E-state index contributed by atoms with van der Waals surface area (Å²) in [7, 11) is 0. The zero-order chi connectivity index (χ0) is 13.9. The number of carbonyl (C=O) groups is 1. The third-order valence-electron chi connectivity index (χ3n) is 5.22. The number of likely N-dealkylation sites (tertiary alicyclic amines) is 1. The molecule has 3 nitrogen and oxygen atoms in total. The maximum absolute atomic E-state index is 11.6. The first-order valence-electron chi connectivity index (χ1n) is 8.02. The summed E-state index contributed by atoms with van der Waals surface area (Å²) < 4.78 is 0. The standard InChI is InChI=1S/C16H29NO2/c1-3-7-15(8-4-2)11-17(12-15)13-16(14(18)19)9-5-6-10-16/h3-13H2,1-2H3,(H,18,19). The molecule has 0 unspecified atom stereocenters. The van der Waals surface area contributed by atoms with Gasteiger partial charge in [0, 0.05) is 19.6 Å². The topological polar surface area (TPSA) is 40.5 Å². The lowest BCUT2D eigenvalue weighted by molar-refractivity contribution is -0.152. The summed E-state index contributed by atoms with van der Waals surface area (Å²) in [6.07, 6.45) is 9.05. The highest BCUT2D eigenvalue weighted by Crippen LogP contribution is 2.45. The minimum atomic E-state index is -0.562. The van der Waals surface area contributed by atoms with Gasteiger partial charge in [0.2, 0.25) is 0 Å². The molecule has 1 N–H and O–H groups in total. The minimum Gasteiger partial charge on any atom is -0.481 e. The van der Waals surface area contributed by atoms with Gasteiger partial charge >= 0.3 is 5.97 Å². The molecule has 0 atom stereocenters.